The Hall–Kier alpha value is -1.46. The minimum absolute atomic E-state index is 0.243. The van der Waals surface area contributed by atoms with Gasteiger partial charge in [0.1, 0.15) is 0 Å². The van der Waals surface area contributed by atoms with Crippen LogP contribution in [-0.2, 0) is 11.4 Å². The minimum atomic E-state index is 0.243. The molecule has 1 N–H and O–H groups in total. The average molecular weight is 211 g/mol. The molecule has 0 saturated carbocycles. The average Bonchev–Trinajstić information content (AvgIpc) is 2.73. The molecular formula is C10H13NO4. The first kappa shape index (κ1) is 10.1. The first-order valence-corrected chi connectivity index (χ1v) is 4.57. The second-order valence-electron chi connectivity index (χ2n) is 3.06. The van der Waals surface area contributed by atoms with E-state index in [0.717, 1.165) is 5.56 Å². The Morgan fingerprint density at radius 3 is 2.93 bits per heavy atom. The molecule has 0 aliphatic carbocycles. The van der Waals surface area contributed by atoms with Crippen LogP contribution in [0.15, 0.2) is 12.1 Å². The van der Waals surface area contributed by atoms with Crippen molar-refractivity contribution in [3.05, 3.63) is 17.7 Å². The molecule has 0 radical (unpaired) electrons. The van der Waals surface area contributed by atoms with Gasteiger partial charge in [0.2, 0.25) is 12.5 Å². The Bertz CT molecular complexity index is 354. The monoisotopic (exact) mass is 211 g/mol. The van der Waals surface area contributed by atoms with Crippen molar-refractivity contribution in [1.82, 2.24) is 5.48 Å². The van der Waals surface area contributed by atoms with Gasteiger partial charge in [-0.3, -0.25) is 0 Å². The van der Waals surface area contributed by atoms with Gasteiger partial charge >= 0.3 is 0 Å². The summed E-state index contributed by atoms with van der Waals surface area (Å²) in [6.07, 6.45) is 0. The van der Waals surface area contributed by atoms with Crippen LogP contribution in [0.3, 0.4) is 0 Å². The Morgan fingerprint density at radius 1 is 1.33 bits per heavy atom. The summed E-state index contributed by atoms with van der Waals surface area (Å²) in [5.41, 5.74) is 3.77. The second-order valence-corrected chi connectivity index (χ2v) is 3.06. The van der Waals surface area contributed by atoms with Gasteiger partial charge in [0.05, 0.1) is 14.2 Å². The largest absolute Gasteiger partial charge is 0.493 e. The number of rotatable bonds is 4. The summed E-state index contributed by atoms with van der Waals surface area (Å²) in [6, 6.07) is 3.79. The van der Waals surface area contributed by atoms with Crippen molar-refractivity contribution >= 4 is 0 Å². The van der Waals surface area contributed by atoms with Gasteiger partial charge in [0, 0.05) is 6.54 Å². The van der Waals surface area contributed by atoms with Gasteiger partial charge in [-0.05, 0) is 17.7 Å². The first-order valence-electron chi connectivity index (χ1n) is 4.57. The van der Waals surface area contributed by atoms with Crippen LogP contribution in [0, 0.1) is 0 Å². The highest BCUT2D eigenvalue weighted by Crippen LogP contribution is 2.41. The molecule has 5 heteroatoms. The molecule has 1 aromatic carbocycles. The Kier molecular flexibility index (Phi) is 2.94. The van der Waals surface area contributed by atoms with E-state index >= 15 is 0 Å². The van der Waals surface area contributed by atoms with Crippen molar-refractivity contribution in [2.75, 3.05) is 21.0 Å². The zero-order valence-corrected chi connectivity index (χ0v) is 8.70. The van der Waals surface area contributed by atoms with Gasteiger partial charge in [-0.2, -0.15) is 5.48 Å². The lowest BCUT2D eigenvalue weighted by atomic mass is 10.2. The van der Waals surface area contributed by atoms with E-state index in [4.69, 9.17) is 19.0 Å². The maximum Gasteiger partial charge on any atom is 0.231 e. The van der Waals surface area contributed by atoms with Crippen molar-refractivity contribution in [2.24, 2.45) is 0 Å². The number of benzene rings is 1. The highest BCUT2D eigenvalue weighted by Gasteiger charge is 2.19. The second kappa shape index (κ2) is 4.37. The summed E-state index contributed by atoms with van der Waals surface area (Å²) in [4.78, 5) is 4.78. The normalized spacial score (nSPS) is 12.9. The lowest BCUT2D eigenvalue weighted by Crippen LogP contribution is -2.10. The smallest absolute Gasteiger partial charge is 0.231 e. The summed E-state index contributed by atoms with van der Waals surface area (Å²) in [6.45, 7) is 0.830. The highest BCUT2D eigenvalue weighted by molar-refractivity contribution is 5.55. The minimum Gasteiger partial charge on any atom is -0.493 e. The number of methoxy groups -OCH3 is 1. The number of hydroxylamine groups is 1. The van der Waals surface area contributed by atoms with E-state index in [9.17, 15) is 0 Å². The van der Waals surface area contributed by atoms with E-state index in [1.54, 1.807) is 14.2 Å². The molecule has 0 atom stereocenters. The molecule has 0 fully saturated rings. The number of hydrogen-bond acceptors (Lipinski definition) is 5. The van der Waals surface area contributed by atoms with Gasteiger partial charge in [-0.15, -0.1) is 0 Å². The molecule has 0 amide bonds. The Labute approximate surface area is 87.8 Å². The maximum absolute atomic E-state index is 5.29. The van der Waals surface area contributed by atoms with E-state index in [-0.39, 0.29) is 6.79 Å². The van der Waals surface area contributed by atoms with Gasteiger partial charge in [0.15, 0.2) is 11.5 Å². The van der Waals surface area contributed by atoms with E-state index in [1.807, 2.05) is 12.1 Å². The van der Waals surface area contributed by atoms with Crippen molar-refractivity contribution < 1.29 is 19.0 Å². The summed E-state index contributed by atoms with van der Waals surface area (Å²) in [5, 5.41) is 0. The topological polar surface area (TPSA) is 49.0 Å². The van der Waals surface area contributed by atoms with E-state index in [0.29, 0.717) is 23.8 Å². The van der Waals surface area contributed by atoms with Crippen molar-refractivity contribution in [2.45, 2.75) is 6.54 Å². The van der Waals surface area contributed by atoms with Gasteiger partial charge in [-0.25, -0.2) is 0 Å². The van der Waals surface area contributed by atoms with Crippen molar-refractivity contribution in [1.29, 1.82) is 0 Å². The van der Waals surface area contributed by atoms with Crippen LogP contribution in [0.2, 0.25) is 0 Å². The SMILES string of the molecule is CONCc1cc(OC)c2c(c1)OCO2. The molecule has 0 aromatic heterocycles. The van der Waals surface area contributed by atoms with Gasteiger partial charge in [0.25, 0.3) is 0 Å². The van der Waals surface area contributed by atoms with Crippen LogP contribution < -0.4 is 19.7 Å². The van der Waals surface area contributed by atoms with E-state index < -0.39 is 0 Å². The molecule has 1 aromatic rings. The standard InChI is InChI=1S/C10H13NO4/c1-12-8-3-7(5-11-13-2)4-9-10(8)15-6-14-9/h3-4,11H,5-6H2,1-2H3. The molecule has 5 nitrogen and oxygen atoms in total. The molecule has 0 saturated heterocycles. The predicted octanol–water partition coefficient (Wildman–Crippen LogP) is 1.07. The molecule has 1 heterocycles. The first-order chi connectivity index (χ1) is 7.35. The number of fused-ring (bicyclic) bond motifs is 1. The van der Waals surface area contributed by atoms with Crippen LogP contribution in [0.25, 0.3) is 0 Å². The summed E-state index contributed by atoms with van der Waals surface area (Å²) in [5.74, 6) is 2.05. The maximum atomic E-state index is 5.29. The fraction of sp³-hybridized carbons (Fsp3) is 0.400. The number of nitrogens with one attached hydrogen (secondary N) is 1. The fourth-order valence-electron chi connectivity index (χ4n) is 1.44. The molecule has 0 bridgehead atoms. The number of hydrogen-bond donors (Lipinski definition) is 1. The summed E-state index contributed by atoms with van der Waals surface area (Å²) in [7, 11) is 3.18. The zero-order chi connectivity index (χ0) is 10.7. The summed E-state index contributed by atoms with van der Waals surface area (Å²) >= 11 is 0. The molecule has 1 aliphatic heterocycles. The third kappa shape index (κ3) is 1.98. The van der Waals surface area contributed by atoms with Crippen molar-refractivity contribution in [3.8, 4) is 17.2 Å². The van der Waals surface area contributed by atoms with Crippen LogP contribution in [0.4, 0.5) is 0 Å². The molecule has 82 valence electrons. The highest BCUT2D eigenvalue weighted by atomic mass is 16.7. The molecule has 2 rings (SSSR count). The van der Waals surface area contributed by atoms with Crippen LogP contribution in [0.5, 0.6) is 17.2 Å². The quantitative estimate of drug-likeness (QED) is 0.755. The lowest BCUT2D eigenvalue weighted by Gasteiger charge is -2.08. The van der Waals surface area contributed by atoms with Crippen LogP contribution in [-0.4, -0.2) is 21.0 Å². The predicted molar refractivity (Wildman–Crippen MR) is 53.0 cm³/mol. The van der Waals surface area contributed by atoms with Crippen LogP contribution >= 0.6 is 0 Å². The molecule has 0 unspecified atom stereocenters. The van der Waals surface area contributed by atoms with Gasteiger partial charge < -0.3 is 19.0 Å². The number of ether oxygens (including phenoxy) is 3. The molecule has 1 aliphatic rings. The van der Waals surface area contributed by atoms with Gasteiger partial charge in [-0.1, -0.05) is 0 Å². The van der Waals surface area contributed by atoms with E-state index in [2.05, 4.69) is 5.48 Å². The van der Waals surface area contributed by atoms with E-state index in [1.165, 1.54) is 0 Å². The van der Waals surface area contributed by atoms with Crippen LogP contribution in [0.1, 0.15) is 5.56 Å². The Morgan fingerprint density at radius 2 is 2.20 bits per heavy atom. The molecular weight excluding hydrogens is 198 g/mol. The molecule has 15 heavy (non-hydrogen) atoms. The lowest BCUT2D eigenvalue weighted by molar-refractivity contribution is 0.0866. The third-order valence-corrected chi connectivity index (χ3v) is 2.14. The summed E-state index contributed by atoms with van der Waals surface area (Å²) < 4.78 is 15.8. The zero-order valence-electron chi connectivity index (χ0n) is 8.70. The van der Waals surface area contributed by atoms with Crippen molar-refractivity contribution in [3.63, 3.8) is 0 Å². The molecule has 0 spiro atoms. The third-order valence-electron chi connectivity index (χ3n) is 2.14. The fourth-order valence-corrected chi connectivity index (χ4v) is 1.44. The Balaban J connectivity index is 2.26.